The minimum Gasteiger partial charge on any atom is -0.393 e. The summed E-state index contributed by atoms with van der Waals surface area (Å²) >= 11 is 0. The van der Waals surface area contributed by atoms with E-state index in [1.807, 2.05) is 0 Å². The Hall–Kier alpha value is -0.420. The molecule has 4 N–H and O–H groups in total. The molecule has 0 bridgehead atoms. The largest absolute Gasteiger partial charge is 0.393 e. The van der Waals surface area contributed by atoms with E-state index in [4.69, 9.17) is 0 Å². The number of fused-ring (bicyclic) bond motifs is 5. The number of allylic oxidation sites excluding steroid dienone is 1. The van der Waals surface area contributed by atoms with Crippen LogP contribution in [0.3, 0.4) is 0 Å². The van der Waals surface area contributed by atoms with Gasteiger partial charge in [-0.15, -0.1) is 0 Å². The van der Waals surface area contributed by atoms with E-state index in [2.05, 4.69) is 40.7 Å². The molecule has 0 saturated heterocycles. The van der Waals surface area contributed by atoms with Crippen LogP contribution in [0.1, 0.15) is 86.0 Å². The Labute approximate surface area is 189 Å². The highest BCUT2D eigenvalue weighted by molar-refractivity contribution is 5.27. The van der Waals surface area contributed by atoms with E-state index >= 15 is 0 Å². The molecule has 11 atom stereocenters. The van der Waals surface area contributed by atoms with Gasteiger partial charge in [-0.1, -0.05) is 46.3 Å². The van der Waals surface area contributed by atoms with Crippen LogP contribution in [-0.2, 0) is 0 Å². The lowest BCUT2D eigenvalue weighted by atomic mass is 9.46. The molecule has 4 rings (SSSR count). The van der Waals surface area contributed by atoms with Crippen molar-refractivity contribution in [3.05, 3.63) is 11.6 Å². The third-order valence-electron chi connectivity index (χ3n) is 10.3. The fourth-order valence-electron chi connectivity index (χ4n) is 8.78. The predicted molar refractivity (Wildman–Crippen MR) is 123 cm³/mol. The number of rotatable bonds is 5. The molecule has 0 aliphatic heterocycles. The highest BCUT2D eigenvalue weighted by Gasteiger charge is 2.64. The average molecular weight is 435 g/mol. The highest BCUT2D eigenvalue weighted by atomic mass is 16.3. The zero-order chi connectivity index (χ0) is 22.7. The van der Waals surface area contributed by atoms with Crippen LogP contribution in [-0.4, -0.2) is 44.8 Å². The maximum atomic E-state index is 11.6. The maximum Gasteiger partial charge on any atom is 0.0585 e. The number of aliphatic hydroxyl groups excluding tert-OH is 4. The minimum atomic E-state index is -0.406. The molecule has 3 fully saturated rings. The molecular weight excluding hydrogens is 388 g/mol. The van der Waals surface area contributed by atoms with Gasteiger partial charge in [0.25, 0.3) is 0 Å². The van der Waals surface area contributed by atoms with Gasteiger partial charge >= 0.3 is 0 Å². The molecule has 0 spiro atoms. The lowest BCUT2D eigenvalue weighted by molar-refractivity contribution is -0.136. The van der Waals surface area contributed by atoms with Crippen LogP contribution in [0.25, 0.3) is 0 Å². The van der Waals surface area contributed by atoms with Crippen molar-refractivity contribution in [3.63, 3.8) is 0 Å². The molecule has 4 heteroatoms. The first-order chi connectivity index (χ1) is 14.5. The maximum absolute atomic E-state index is 11.6. The van der Waals surface area contributed by atoms with Crippen molar-refractivity contribution in [2.45, 2.75) is 110 Å². The minimum absolute atomic E-state index is 0.0293. The molecule has 4 aliphatic rings. The van der Waals surface area contributed by atoms with Crippen molar-refractivity contribution >= 4 is 0 Å². The Morgan fingerprint density at radius 3 is 2.45 bits per heavy atom. The molecule has 0 aromatic rings. The van der Waals surface area contributed by atoms with Gasteiger partial charge in [0.15, 0.2) is 0 Å². The standard InChI is InChI=1S/C27H46O4/c1-15(2)6-9-21(29)16(3)24-22(30)13-20-19-8-7-17-12-18(28)10-11-26(17,4)25(19)23(31)14-27(20,24)5/h7,15-16,18-25,28-31H,6,8-14H2,1-5H3/t16-,18+,19+,20+,21?,22+,23-,24+,25-,26+,27+/m1/s1. The first kappa shape index (κ1) is 23.7. The molecule has 0 aromatic heterocycles. The molecule has 0 heterocycles. The van der Waals surface area contributed by atoms with Crippen LogP contribution in [0.15, 0.2) is 11.6 Å². The van der Waals surface area contributed by atoms with E-state index in [1.54, 1.807) is 0 Å². The number of hydrogen-bond acceptors (Lipinski definition) is 4. The van der Waals surface area contributed by atoms with Crippen molar-refractivity contribution in [1.82, 2.24) is 0 Å². The van der Waals surface area contributed by atoms with Crippen molar-refractivity contribution in [2.75, 3.05) is 0 Å². The van der Waals surface area contributed by atoms with Crippen LogP contribution in [0.5, 0.6) is 0 Å². The first-order valence-corrected chi connectivity index (χ1v) is 12.9. The molecule has 3 saturated carbocycles. The van der Waals surface area contributed by atoms with Gasteiger partial charge in [0, 0.05) is 0 Å². The highest BCUT2D eigenvalue weighted by Crippen LogP contribution is 2.67. The summed E-state index contributed by atoms with van der Waals surface area (Å²) in [5.74, 6) is 1.59. The second-order valence-electron chi connectivity index (χ2n) is 12.6. The summed E-state index contributed by atoms with van der Waals surface area (Å²) in [5, 5.41) is 44.0. The van der Waals surface area contributed by atoms with Gasteiger partial charge in [-0.3, -0.25) is 0 Å². The van der Waals surface area contributed by atoms with E-state index in [-0.39, 0.29) is 40.8 Å². The van der Waals surface area contributed by atoms with Crippen LogP contribution in [0.2, 0.25) is 0 Å². The summed E-state index contributed by atoms with van der Waals surface area (Å²) in [5.41, 5.74) is 1.17. The van der Waals surface area contributed by atoms with Gasteiger partial charge in [-0.2, -0.15) is 0 Å². The fourth-order valence-corrected chi connectivity index (χ4v) is 8.78. The van der Waals surface area contributed by atoms with Crippen LogP contribution < -0.4 is 0 Å². The summed E-state index contributed by atoms with van der Waals surface area (Å²) in [6.45, 7) is 11.1. The van der Waals surface area contributed by atoms with E-state index in [0.29, 0.717) is 24.2 Å². The lowest BCUT2D eigenvalue weighted by Crippen LogP contribution is -2.57. The molecule has 4 aliphatic carbocycles. The second kappa shape index (κ2) is 8.42. The Balaban J connectivity index is 1.60. The van der Waals surface area contributed by atoms with Crippen molar-refractivity contribution < 1.29 is 20.4 Å². The van der Waals surface area contributed by atoms with Crippen molar-refractivity contribution in [1.29, 1.82) is 0 Å². The van der Waals surface area contributed by atoms with E-state index in [0.717, 1.165) is 44.9 Å². The summed E-state index contributed by atoms with van der Waals surface area (Å²) in [7, 11) is 0. The Morgan fingerprint density at radius 2 is 1.77 bits per heavy atom. The first-order valence-electron chi connectivity index (χ1n) is 12.9. The third-order valence-corrected chi connectivity index (χ3v) is 10.3. The van der Waals surface area contributed by atoms with E-state index in [1.165, 1.54) is 5.57 Å². The molecule has 0 amide bonds. The summed E-state index contributed by atoms with van der Waals surface area (Å²) in [6.07, 6.45) is 7.67. The van der Waals surface area contributed by atoms with Crippen molar-refractivity contribution in [2.24, 2.45) is 46.3 Å². The van der Waals surface area contributed by atoms with Gasteiger partial charge in [0.2, 0.25) is 0 Å². The quantitative estimate of drug-likeness (QED) is 0.486. The monoisotopic (exact) mass is 434 g/mol. The number of aliphatic hydroxyl groups is 4. The van der Waals surface area contributed by atoms with Gasteiger partial charge < -0.3 is 20.4 Å². The van der Waals surface area contributed by atoms with Gasteiger partial charge in [-0.25, -0.2) is 0 Å². The van der Waals surface area contributed by atoms with Gasteiger partial charge in [0.1, 0.15) is 0 Å². The summed E-state index contributed by atoms with van der Waals surface area (Å²) < 4.78 is 0. The van der Waals surface area contributed by atoms with Crippen LogP contribution >= 0.6 is 0 Å². The Bertz CT molecular complexity index is 689. The summed E-state index contributed by atoms with van der Waals surface area (Å²) in [4.78, 5) is 0. The lowest BCUT2D eigenvalue weighted by Gasteiger charge is -2.60. The third kappa shape index (κ3) is 3.84. The zero-order valence-electron chi connectivity index (χ0n) is 20.3. The van der Waals surface area contributed by atoms with Crippen LogP contribution in [0, 0.1) is 46.3 Å². The molecule has 1 unspecified atom stereocenters. The normalized spacial score (nSPS) is 49.1. The fraction of sp³-hybridized carbons (Fsp3) is 0.926. The Kier molecular flexibility index (Phi) is 6.44. The molecule has 0 radical (unpaired) electrons. The smallest absolute Gasteiger partial charge is 0.0585 e. The Morgan fingerprint density at radius 1 is 1.06 bits per heavy atom. The number of hydrogen-bond donors (Lipinski definition) is 4. The predicted octanol–water partition coefficient (Wildman–Crippen LogP) is 4.30. The zero-order valence-corrected chi connectivity index (χ0v) is 20.3. The topological polar surface area (TPSA) is 80.9 Å². The average Bonchev–Trinajstić information content (AvgIpc) is 2.95. The molecule has 31 heavy (non-hydrogen) atoms. The summed E-state index contributed by atoms with van der Waals surface area (Å²) in [6, 6.07) is 0. The van der Waals surface area contributed by atoms with Gasteiger partial charge in [-0.05, 0) is 97.7 Å². The molecule has 178 valence electrons. The van der Waals surface area contributed by atoms with E-state index < -0.39 is 12.2 Å². The van der Waals surface area contributed by atoms with Crippen molar-refractivity contribution in [3.8, 4) is 0 Å². The van der Waals surface area contributed by atoms with E-state index in [9.17, 15) is 20.4 Å². The van der Waals surface area contributed by atoms with Crippen LogP contribution in [0.4, 0.5) is 0 Å². The second-order valence-corrected chi connectivity index (χ2v) is 12.6. The van der Waals surface area contributed by atoms with Gasteiger partial charge in [0.05, 0.1) is 24.4 Å². The molecule has 4 nitrogen and oxygen atoms in total. The molecular formula is C27H46O4. The molecule has 0 aromatic carbocycles. The SMILES string of the molecule is CC(C)CCC(O)[C@@H](C)[C@H]1[C@@H](O)C[C@H]2[C@@H]3CC=C4C[C@@H](O)CC[C@]4(C)[C@H]3[C@H](O)C[C@]12C.